The highest BCUT2D eigenvalue weighted by molar-refractivity contribution is 5.89. The number of ether oxygens (including phenoxy) is 1. The Kier molecular flexibility index (Phi) is 5.62. The maximum Gasteiger partial charge on any atom is 0.337 e. The molecule has 1 unspecified atom stereocenters. The van der Waals surface area contributed by atoms with Crippen molar-refractivity contribution in [3.05, 3.63) is 71.3 Å². The molecule has 0 aliphatic carbocycles. The average Bonchev–Trinajstić information content (AvgIpc) is 2.64. The molecule has 2 aromatic carbocycles. The topological polar surface area (TPSA) is 41.6 Å². The highest BCUT2D eigenvalue weighted by Gasteiger charge is 2.22. The van der Waals surface area contributed by atoms with Gasteiger partial charge in [-0.1, -0.05) is 42.5 Å². The van der Waals surface area contributed by atoms with E-state index in [9.17, 15) is 4.79 Å². The molecule has 0 aromatic heterocycles. The minimum atomic E-state index is -0.286. The van der Waals surface area contributed by atoms with Crippen molar-refractivity contribution in [2.24, 2.45) is 0 Å². The minimum absolute atomic E-state index is 0.286. The van der Waals surface area contributed by atoms with Crippen LogP contribution < -0.4 is 5.32 Å². The summed E-state index contributed by atoms with van der Waals surface area (Å²) in [4.78, 5) is 14.1. The van der Waals surface area contributed by atoms with Gasteiger partial charge in [0.2, 0.25) is 0 Å². The summed E-state index contributed by atoms with van der Waals surface area (Å²) in [7, 11) is 1.41. The van der Waals surface area contributed by atoms with Crippen molar-refractivity contribution in [1.82, 2.24) is 10.2 Å². The summed E-state index contributed by atoms with van der Waals surface area (Å²) in [5.74, 6) is -0.286. The van der Waals surface area contributed by atoms with Gasteiger partial charge in [-0.25, -0.2) is 4.79 Å². The second-order valence-electron chi connectivity index (χ2n) is 6.21. The number of methoxy groups -OCH3 is 1. The Morgan fingerprint density at radius 2 is 1.88 bits per heavy atom. The number of hydrogen-bond donors (Lipinski definition) is 1. The van der Waals surface area contributed by atoms with Crippen molar-refractivity contribution < 1.29 is 9.53 Å². The zero-order valence-corrected chi connectivity index (χ0v) is 14.1. The smallest absolute Gasteiger partial charge is 0.337 e. The molecule has 1 aliphatic heterocycles. The van der Waals surface area contributed by atoms with E-state index in [0.29, 0.717) is 11.6 Å². The first kappa shape index (κ1) is 16.7. The Hall–Kier alpha value is -2.17. The van der Waals surface area contributed by atoms with Crippen LogP contribution in [-0.2, 0) is 17.7 Å². The fourth-order valence-electron chi connectivity index (χ4n) is 3.20. The quantitative estimate of drug-likeness (QED) is 0.858. The van der Waals surface area contributed by atoms with Gasteiger partial charge in [-0.3, -0.25) is 4.90 Å². The fraction of sp³-hybridized carbons (Fsp3) is 0.350. The van der Waals surface area contributed by atoms with Gasteiger partial charge in [0.15, 0.2) is 0 Å². The monoisotopic (exact) mass is 324 g/mol. The largest absolute Gasteiger partial charge is 0.465 e. The van der Waals surface area contributed by atoms with Crippen LogP contribution in [0.4, 0.5) is 0 Å². The molecule has 1 N–H and O–H groups in total. The minimum Gasteiger partial charge on any atom is -0.465 e. The molecule has 0 radical (unpaired) electrons. The molecule has 4 heteroatoms. The Morgan fingerprint density at radius 1 is 1.12 bits per heavy atom. The Bertz CT molecular complexity index is 655. The third kappa shape index (κ3) is 4.22. The lowest BCUT2D eigenvalue weighted by atomic mass is 10.0. The van der Waals surface area contributed by atoms with Crippen molar-refractivity contribution in [2.75, 3.05) is 26.7 Å². The Balaban J connectivity index is 1.66. The van der Waals surface area contributed by atoms with E-state index in [0.717, 1.165) is 32.6 Å². The number of carbonyl (C=O) groups is 1. The van der Waals surface area contributed by atoms with Crippen LogP contribution in [0.5, 0.6) is 0 Å². The molecule has 0 saturated carbocycles. The van der Waals surface area contributed by atoms with Gasteiger partial charge in [-0.15, -0.1) is 0 Å². The summed E-state index contributed by atoms with van der Waals surface area (Å²) in [6.45, 7) is 3.97. The number of nitrogens with one attached hydrogen (secondary N) is 1. The van der Waals surface area contributed by atoms with Gasteiger partial charge in [-0.2, -0.15) is 0 Å². The SMILES string of the molecule is COC(=O)c1ccc(CN2CCNCC2Cc2ccccc2)cc1. The number of hydrogen-bond acceptors (Lipinski definition) is 4. The fourth-order valence-corrected chi connectivity index (χ4v) is 3.20. The molecule has 1 saturated heterocycles. The molecule has 1 fully saturated rings. The predicted octanol–water partition coefficient (Wildman–Crippen LogP) is 2.49. The van der Waals surface area contributed by atoms with E-state index in [4.69, 9.17) is 4.74 Å². The van der Waals surface area contributed by atoms with Crippen LogP contribution in [0.25, 0.3) is 0 Å². The van der Waals surface area contributed by atoms with Crippen LogP contribution in [0.1, 0.15) is 21.5 Å². The number of carbonyl (C=O) groups excluding carboxylic acids is 1. The number of esters is 1. The summed E-state index contributed by atoms with van der Waals surface area (Å²) in [5.41, 5.74) is 3.20. The van der Waals surface area contributed by atoms with Gasteiger partial charge in [0.05, 0.1) is 12.7 Å². The van der Waals surface area contributed by atoms with Crippen LogP contribution in [0.15, 0.2) is 54.6 Å². The number of benzene rings is 2. The molecule has 3 rings (SSSR count). The lowest BCUT2D eigenvalue weighted by molar-refractivity contribution is 0.0600. The van der Waals surface area contributed by atoms with Gasteiger partial charge in [-0.05, 0) is 29.7 Å². The van der Waals surface area contributed by atoms with Crippen LogP contribution in [0, 0.1) is 0 Å². The first-order valence-electron chi connectivity index (χ1n) is 8.42. The lowest BCUT2D eigenvalue weighted by Gasteiger charge is -2.36. The van der Waals surface area contributed by atoms with E-state index in [1.54, 1.807) is 0 Å². The van der Waals surface area contributed by atoms with Gasteiger partial charge in [0, 0.05) is 32.2 Å². The standard InChI is InChI=1S/C20H24N2O2/c1-24-20(23)18-9-7-17(8-10-18)15-22-12-11-21-14-19(22)13-16-5-3-2-4-6-16/h2-10,19,21H,11-15H2,1H3. The number of nitrogens with zero attached hydrogens (tertiary/aromatic N) is 1. The summed E-state index contributed by atoms with van der Waals surface area (Å²) in [6.07, 6.45) is 1.05. The Morgan fingerprint density at radius 3 is 2.58 bits per heavy atom. The third-order valence-corrected chi connectivity index (χ3v) is 4.55. The molecular weight excluding hydrogens is 300 g/mol. The zero-order valence-electron chi connectivity index (χ0n) is 14.1. The van der Waals surface area contributed by atoms with E-state index in [2.05, 4.69) is 40.5 Å². The molecule has 126 valence electrons. The molecular formula is C20H24N2O2. The van der Waals surface area contributed by atoms with Gasteiger partial charge in [0.25, 0.3) is 0 Å². The molecule has 24 heavy (non-hydrogen) atoms. The van der Waals surface area contributed by atoms with Crippen molar-refractivity contribution in [3.63, 3.8) is 0 Å². The lowest BCUT2D eigenvalue weighted by Crippen LogP contribution is -2.51. The molecule has 1 aliphatic rings. The first-order chi connectivity index (χ1) is 11.8. The van der Waals surface area contributed by atoms with Gasteiger partial charge >= 0.3 is 5.97 Å². The summed E-state index contributed by atoms with van der Waals surface area (Å²) < 4.78 is 4.75. The van der Waals surface area contributed by atoms with Crippen molar-refractivity contribution >= 4 is 5.97 Å². The molecule has 4 nitrogen and oxygen atoms in total. The Labute approximate surface area is 143 Å². The summed E-state index contributed by atoms with van der Waals surface area (Å²) >= 11 is 0. The van der Waals surface area contributed by atoms with E-state index in [-0.39, 0.29) is 5.97 Å². The highest BCUT2D eigenvalue weighted by Crippen LogP contribution is 2.15. The second-order valence-corrected chi connectivity index (χ2v) is 6.21. The summed E-state index contributed by atoms with van der Waals surface area (Å²) in [5, 5.41) is 3.50. The van der Waals surface area contributed by atoms with Crippen LogP contribution in [-0.4, -0.2) is 43.7 Å². The maximum absolute atomic E-state index is 11.5. The normalized spacial score (nSPS) is 18.3. The van der Waals surface area contributed by atoms with Crippen LogP contribution >= 0.6 is 0 Å². The van der Waals surface area contributed by atoms with E-state index in [1.165, 1.54) is 18.2 Å². The average molecular weight is 324 g/mol. The van der Waals surface area contributed by atoms with E-state index >= 15 is 0 Å². The molecule has 0 bridgehead atoms. The zero-order chi connectivity index (χ0) is 16.8. The maximum atomic E-state index is 11.5. The summed E-state index contributed by atoms with van der Waals surface area (Å²) in [6, 6.07) is 18.9. The van der Waals surface area contributed by atoms with E-state index < -0.39 is 0 Å². The molecule has 1 atom stereocenters. The molecule has 1 heterocycles. The predicted molar refractivity (Wildman–Crippen MR) is 95.0 cm³/mol. The van der Waals surface area contributed by atoms with Crippen LogP contribution in [0.2, 0.25) is 0 Å². The molecule has 2 aromatic rings. The van der Waals surface area contributed by atoms with Crippen molar-refractivity contribution in [3.8, 4) is 0 Å². The van der Waals surface area contributed by atoms with E-state index in [1.807, 2.05) is 24.3 Å². The highest BCUT2D eigenvalue weighted by atomic mass is 16.5. The third-order valence-electron chi connectivity index (χ3n) is 4.55. The number of rotatable bonds is 5. The van der Waals surface area contributed by atoms with Crippen molar-refractivity contribution in [1.29, 1.82) is 0 Å². The first-order valence-corrected chi connectivity index (χ1v) is 8.42. The molecule has 0 amide bonds. The van der Waals surface area contributed by atoms with Crippen LogP contribution in [0.3, 0.4) is 0 Å². The molecule has 0 spiro atoms. The number of piperazine rings is 1. The van der Waals surface area contributed by atoms with Crippen molar-refractivity contribution in [2.45, 2.75) is 19.0 Å². The van der Waals surface area contributed by atoms with Gasteiger partial charge < -0.3 is 10.1 Å². The van der Waals surface area contributed by atoms with Gasteiger partial charge in [0.1, 0.15) is 0 Å². The second kappa shape index (κ2) is 8.08.